The third-order valence-corrected chi connectivity index (χ3v) is 5.15. The van der Waals surface area contributed by atoms with Gasteiger partial charge in [0.05, 0.1) is 11.9 Å². The quantitative estimate of drug-likeness (QED) is 0.590. The maximum absolute atomic E-state index is 12.9. The monoisotopic (exact) mass is 473 g/mol. The Balaban J connectivity index is 1.44. The molecule has 1 atom stereocenters. The minimum Gasteiger partial charge on any atom is -0.489 e. The number of hydrogen-bond acceptors (Lipinski definition) is 5. The number of nitrogens with zero attached hydrogens (tertiary/aromatic N) is 4. The van der Waals surface area contributed by atoms with Crippen molar-refractivity contribution in [1.82, 2.24) is 20.1 Å². The highest BCUT2D eigenvalue weighted by molar-refractivity contribution is 9.10. The summed E-state index contributed by atoms with van der Waals surface area (Å²) in [6.45, 7) is -0.00107. The van der Waals surface area contributed by atoms with Crippen LogP contribution in [-0.4, -0.2) is 46.4 Å². The number of benzene rings is 1. The number of carbonyl (C=O) groups is 2. The molecule has 2 amide bonds. The van der Waals surface area contributed by atoms with Crippen LogP contribution in [0.4, 0.5) is 14.9 Å². The molecule has 4 rings (SSSR count). The van der Waals surface area contributed by atoms with Crippen LogP contribution < -0.4 is 15.0 Å². The number of carbonyl (C=O) groups excluding carboxylic acids is 2. The number of fused-ring (bicyclic) bond motifs is 1. The molecule has 1 N–H and O–H groups in total. The van der Waals surface area contributed by atoms with E-state index in [0.29, 0.717) is 17.9 Å². The third-order valence-electron chi connectivity index (χ3n) is 4.66. The predicted molar refractivity (Wildman–Crippen MR) is 110 cm³/mol. The number of pyridine rings is 1. The number of nitrogens with one attached hydrogen (secondary N) is 1. The van der Waals surface area contributed by atoms with E-state index < -0.39 is 18.0 Å². The first-order valence-corrected chi connectivity index (χ1v) is 9.85. The first-order chi connectivity index (χ1) is 14.4. The molecule has 2 aromatic heterocycles. The maximum atomic E-state index is 12.9. The lowest BCUT2D eigenvalue weighted by atomic mass is 10.1. The fourth-order valence-electron chi connectivity index (χ4n) is 3.10. The smallest absolute Gasteiger partial charge is 0.342 e. The molecule has 154 valence electrons. The SMILES string of the molecule is CN1C(=O)[C@@H](NC(=O)n2cc(Cc3ccc(F)nc3)cn2)COc2ccc(Br)cc21. The average molecular weight is 474 g/mol. The van der Waals surface area contributed by atoms with E-state index in [1.54, 1.807) is 31.4 Å². The Hall–Kier alpha value is -3.27. The molecular weight excluding hydrogens is 457 g/mol. The largest absolute Gasteiger partial charge is 0.489 e. The Kier molecular flexibility index (Phi) is 5.49. The van der Waals surface area contributed by atoms with Gasteiger partial charge in [-0.05, 0) is 35.4 Å². The standard InChI is InChI=1S/C20H17BrFN5O3/c1-26-16-7-14(21)3-4-17(16)30-11-15(19(26)28)25-20(29)27-10-13(9-24-27)6-12-2-5-18(22)23-8-12/h2-5,7-10,15H,6,11H2,1H3,(H,25,29)/t15-/m0/s1. The van der Waals surface area contributed by atoms with Crippen LogP contribution in [0.1, 0.15) is 11.1 Å². The van der Waals surface area contributed by atoms with Gasteiger partial charge >= 0.3 is 6.03 Å². The van der Waals surface area contributed by atoms with Gasteiger partial charge in [0.2, 0.25) is 5.95 Å². The number of hydrogen-bond donors (Lipinski definition) is 1. The molecule has 0 saturated heterocycles. The Morgan fingerprint density at radius 2 is 2.13 bits per heavy atom. The van der Waals surface area contributed by atoms with Gasteiger partial charge in [0.25, 0.3) is 5.91 Å². The molecule has 1 aliphatic heterocycles. The van der Waals surface area contributed by atoms with Crippen LogP contribution in [0, 0.1) is 5.95 Å². The Bertz CT molecular complexity index is 1100. The van der Waals surface area contributed by atoms with Crippen molar-refractivity contribution in [2.75, 3.05) is 18.6 Å². The van der Waals surface area contributed by atoms with Gasteiger partial charge in [-0.15, -0.1) is 0 Å². The van der Waals surface area contributed by atoms with Crippen molar-refractivity contribution in [3.05, 3.63) is 70.5 Å². The van der Waals surface area contributed by atoms with Crippen LogP contribution in [0.15, 0.2) is 53.4 Å². The van der Waals surface area contributed by atoms with Crippen molar-refractivity contribution in [2.45, 2.75) is 12.5 Å². The number of ether oxygens (including phenoxy) is 1. The molecule has 10 heteroatoms. The lowest BCUT2D eigenvalue weighted by Gasteiger charge is -2.20. The minimum atomic E-state index is -0.873. The summed E-state index contributed by atoms with van der Waals surface area (Å²) in [6.07, 6.45) is 4.96. The second-order valence-electron chi connectivity index (χ2n) is 6.78. The van der Waals surface area contributed by atoms with E-state index >= 15 is 0 Å². The molecular formula is C20H17BrFN5O3. The van der Waals surface area contributed by atoms with Crippen molar-refractivity contribution in [3.8, 4) is 5.75 Å². The summed E-state index contributed by atoms with van der Waals surface area (Å²) in [4.78, 5) is 30.5. The maximum Gasteiger partial charge on any atom is 0.342 e. The lowest BCUT2D eigenvalue weighted by molar-refractivity contribution is -0.120. The summed E-state index contributed by atoms with van der Waals surface area (Å²) in [5.74, 6) is -0.298. The molecule has 0 unspecified atom stereocenters. The van der Waals surface area contributed by atoms with Gasteiger partial charge < -0.3 is 15.0 Å². The molecule has 0 saturated carbocycles. The second kappa shape index (κ2) is 8.23. The normalized spacial score (nSPS) is 15.9. The van der Waals surface area contributed by atoms with E-state index in [4.69, 9.17) is 4.74 Å². The van der Waals surface area contributed by atoms with Gasteiger partial charge in [-0.1, -0.05) is 22.0 Å². The van der Waals surface area contributed by atoms with Crippen LogP contribution in [0.3, 0.4) is 0 Å². The fourth-order valence-corrected chi connectivity index (χ4v) is 3.45. The molecule has 0 spiro atoms. The van der Waals surface area contributed by atoms with Gasteiger partial charge in [-0.2, -0.15) is 14.2 Å². The number of rotatable bonds is 3. The zero-order chi connectivity index (χ0) is 21.3. The molecule has 0 radical (unpaired) electrons. The zero-order valence-electron chi connectivity index (χ0n) is 15.9. The summed E-state index contributed by atoms with van der Waals surface area (Å²) in [5.41, 5.74) is 2.14. The predicted octanol–water partition coefficient (Wildman–Crippen LogP) is 2.75. The van der Waals surface area contributed by atoms with Gasteiger partial charge in [-0.25, -0.2) is 9.78 Å². The molecule has 3 heterocycles. The first-order valence-electron chi connectivity index (χ1n) is 9.05. The van der Waals surface area contributed by atoms with E-state index in [1.807, 2.05) is 6.07 Å². The molecule has 0 bridgehead atoms. The highest BCUT2D eigenvalue weighted by Crippen LogP contribution is 2.33. The molecule has 0 fully saturated rings. The van der Waals surface area contributed by atoms with Gasteiger partial charge in [-0.3, -0.25) is 4.79 Å². The Labute approximate surface area is 179 Å². The molecule has 3 aromatic rings. The van der Waals surface area contributed by atoms with E-state index in [1.165, 1.54) is 23.4 Å². The van der Waals surface area contributed by atoms with Crippen molar-refractivity contribution < 1.29 is 18.7 Å². The zero-order valence-corrected chi connectivity index (χ0v) is 17.5. The van der Waals surface area contributed by atoms with E-state index in [2.05, 4.69) is 31.3 Å². The highest BCUT2D eigenvalue weighted by atomic mass is 79.9. The summed E-state index contributed by atoms with van der Waals surface area (Å²) >= 11 is 3.38. The molecule has 1 aliphatic rings. The topological polar surface area (TPSA) is 89.4 Å². The van der Waals surface area contributed by atoms with Crippen LogP contribution in [0.5, 0.6) is 5.75 Å². The minimum absolute atomic E-state index is 0.00107. The average Bonchev–Trinajstić information content (AvgIpc) is 3.17. The van der Waals surface area contributed by atoms with Gasteiger partial charge in [0.15, 0.2) is 0 Å². The van der Waals surface area contributed by atoms with Crippen molar-refractivity contribution in [1.29, 1.82) is 0 Å². The van der Waals surface area contributed by atoms with Crippen LogP contribution >= 0.6 is 15.9 Å². The van der Waals surface area contributed by atoms with Crippen molar-refractivity contribution >= 4 is 33.6 Å². The van der Waals surface area contributed by atoms with E-state index in [9.17, 15) is 14.0 Å². The van der Waals surface area contributed by atoms with Crippen molar-refractivity contribution in [3.63, 3.8) is 0 Å². The number of aromatic nitrogens is 3. The number of anilines is 1. The first kappa shape index (κ1) is 20.0. The van der Waals surface area contributed by atoms with Crippen LogP contribution in [-0.2, 0) is 11.2 Å². The fraction of sp³-hybridized carbons (Fsp3) is 0.200. The highest BCUT2D eigenvalue weighted by Gasteiger charge is 2.31. The summed E-state index contributed by atoms with van der Waals surface area (Å²) < 4.78 is 20.6. The number of halogens is 2. The summed E-state index contributed by atoms with van der Waals surface area (Å²) in [7, 11) is 1.63. The van der Waals surface area contributed by atoms with Gasteiger partial charge in [0, 0.05) is 30.3 Å². The molecule has 1 aromatic carbocycles. The molecule has 0 aliphatic carbocycles. The second-order valence-corrected chi connectivity index (χ2v) is 7.70. The number of amides is 2. The van der Waals surface area contributed by atoms with Gasteiger partial charge in [0.1, 0.15) is 18.4 Å². The third kappa shape index (κ3) is 4.18. The Morgan fingerprint density at radius 3 is 2.90 bits per heavy atom. The van der Waals surface area contributed by atoms with E-state index in [0.717, 1.165) is 20.3 Å². The van der Waals surface area contributed by atoms with Crippen LogP contribution in [0.25, 0.3) is 0 Å². The summed E-state index contributed by atoms with van der Waals surface area (Å²) in [6, 6.07) is 6.82. The Morgan fingerprint density at radius 1 is 1.30 bits per heavy atom. The molecule has 8 nitrogen and oxygen atoms in total. The lowest BCUT2D eigenvalue weighted by Crippen LogP contribution is -2.50. The molecule has 30 heavy (non-hydrogen) atoms. The number of likely N-dealkylation sites (N-methyl/N-ethyl adjacent to an activating group) is 1. The van der Waals surface area contributed by atoms with Crippen LogP contribution in [0.2, 0.25) is 0 Å². The van der Waals surface area contributed by atoms with E-state index in [-0.39, 0.29) is 12.5 Å². The van der Waals surface area contributed by atoms with Crippen molar-refractivity contribution in [2.24, 2.45) is 0 Å². The summed E-state index contributed by atoms with van der Waals surface area (Å²) in [5, 5.41) is 6.71.